The van der Waals surface area contributed by atoms with Crippen LogP contribution in [0.25, 0.3) is 0 Å². The number of hydrogen-bond acceptors (Lipinski definition) is 1. The minimum atomic E-state index is 0.238. The highest BCUT2D eigenvalue weighted by molar-refractivity contribution is 5.58. The number of carbonyl (C=O) groups excluding carboxylic acids is 1. The Morgan fingerprint density at radius 2 is 2.15 bits per heavy atom. The van der Waals surface area contributed by atoms with E-state index < -0.39 is 0 Å². The van der Waals surface area contributed by atoms with Crippen molar-refractivity contribution in [2.75, 3.05) is 0 Å². The summed E-state index contributed by atoms with van der Waals surface area (Å²) < 4.78 is 0. The summed E-state index contributed by atoms with van der Waals surface area (Å²) in [5, 5.41) is 0. The molecule has 0 saturated carbocycles. The average molecular weight is 174 g/mol. The number of carbonyl (C=O) groups is 1. The zero-order valence-corrected chi connectivity index (χ0v) is 7.92. The third-order valence-electron chi connectivity index (χ3n) is 2.84. The summed E-state index contributed by atoms with van der Waals surface area (Å²) in [7, 11) is 0. The van der Waals surface area contributed by atoms with E-state index in [1.165, 1.54) is 16.7 Å². The molecule has 1 heteroatoms. The van der Waals surface area contributed by atoms with E-state index in [1.54, 1.807) is 0 Å². The monoisotopic (exact) mass is 174 g/mol. The van der Waals surface area contributed by atoms with Gasteiger partial charge in [0, 0.05) is 5.92 Å². The van der Waals surface area contributed by atoms with Crippen molar-refractivity contribution < 1.29 is 4.79 Å². The predicted octanol–water partition coefficient (Wildman–Crippen LogP) is 2.16. The highest BCUT2D eigenvalue weighted by Gasteiger charge is 2.20. The number of rotatable bonds is 2. The predicted molar refractivity (Wildman–Crippen MR) is 52.8 cm³/mol. The van der Waals surface area contributed by atoms with Gasteiger partial charge in [0.2, 0.25) is 0 Å². The van der Waals surface area contributed by atoms with Gasteiger partial charge in [-0.3, -0.25) is 0 Å². The van der Waals surface area contributed by atoms with Crippen molar-refractivity contribution in [2.24, 2.45) is 5.92 Å². The van der Waals surface area contributed by atoms with Gasteiger partial charge in [-0.25, -0.2) is 0 Å². The molecule has 1 aromatic rings. The van der Waals surface area contributed by atoms with Crippen LogP contribution in [0.1, 0.15) is 23.6 Å². The highest BCUT2D eigenvalue weighted by Crippen LogP contribution is 2.26. The molecule has 0 bridgehead atoms. The molecule has 2 rings (SSSR count). The number of benzene rings is 1. The first-order chi connectivity index (χ1) is 6.33. The van der Waals surface area contributed by atoms with Crippen LogP contribution in [0.15, 0.2) is 18.2 Å². The molecular formula is C12H14O. The molecule has 1 nitrogen and oxygen atoms in total. The van der Waals surface area contributed by atoms with Crippen LogP contribution in [-0.2, 0) is 24.1 Å². The summed E-state index contributed by atoms with van der Waals surface area (Å²) >= 11 is 0. The van der Waals surface area contributed by atoms with Gasteiger partial charge >= 0.3 is 0 Å². The van der Waals surface area contributed by atoms with Gasteiger partial charge in [-0.1, -0.05) is 25.1 Å². The first-order valence-corrected chi connectivity index (χ1v) is 4.89. The van der Waals surface area contributed by atoms with E-state index in [0.717, 1.165) is 25.5 Å². The molecule has 13 heavy (non-hydrogen) atoms. The lowest BCUT2D eigenvalue weighted by molar-refractivity contribution is -0.110. The largest absolute Gasteiger partial charge is 0.303 e. The summed E-state index contributed by atoms with van der Waals surface area (Å²) in [6, 6.07) is 6.60. The fourth-order valence-electron chi connectivity index (χ4n) is 2.02. The normalized spacial score (nSPS) is 19.9. The zero-order valence-electron chi connectivity index (χ0n) is 7.92. The van der Waals surface area contributed by atoms with Crippen LogP contribution in [0, 0.1) is 5.92 Å². The van der Waals surface area contributed by atoms with E-state index in [9.17, 15) is 4.79 Å². The minimum absolute atomic E-state index is 0.238. The first-order valence-electron chi connectivity index (χ1n) is 4.89. The summed E-state index contributed by atoms with van der Waals surface area (Å²) in [5.74, 6) is 0.238. The molecule has 1 atom stereocenters. The van der Waals surface area contributed by atoms with E-state index in [2.05, 4.69) is 25.1 Å². The maximum atomic E-state index is 10.6. The second-order valence-electron chi connectivity index (χ2n) is 3.76. The Bertz CT molecular complexity index is 328. The van der Waals surface area contributed by atoms with Crippen LogP contribution in [0.2, 0.25) is 0 Å². The molecule has 1 aliphatic carbocycles. The molecule has 0 radical (unpaired) electrons. The molecule has 0 aromatic heterocycles. The van der Waals surface area contributed by atoms with Gasteiger partial charge in [0.1, 0.15) is 6.29 Å². The fraction of sp³-hybridized carbons (Fsp3) is 0.417. The quantitative estimate of drug-likeness (QED) is 0.628. The smallest absolute Gasteiger partial charge is 0.123 e. The average Bonchev–Trinajstić information content (AvgIpc) is 2.58. The summed E-state index contributed by atoms with van der Waals surface area (Å²) in [4.78, 5) is 10.6. The van der Waals surface area contributed by atoms with Crippen LogP contribution < -0.4 is 0 Å². The zero-order chi connectivity index (χ0) is 9.26. The maximum absolute atomic E-state index is 10.6. The Kier molecular flexibility index (Phi) is 2.17. The van der Waals surface area contributed by atoms with E-state index in [4.69, 9.17) is 0 Å². The lowest BCUT2D eigenvalue weighted by Gasteiger charge is -2.00. The second-order valence-corrected chi connectivity index (χ2v) is 3.76. The second kappa shape index (κ2) is 3.33. The SMILES string of the molecule is CCc1ccc2c(c1)CC(C=O)C2. The Morgan fingerprint density at radius 3 is 2.85 bits per heavy atom. The number of hydrogen-bond donors (Lipinski definition) is 0. The summed E-state index contributed by atoms with van der Waals surface area (Å²) in [6.45, 7) is 2.16. The van der Waals surface area contributed by atoms with Crippen LogP contribution in [0.4, 0.5) is 0 Å². The van der Waals surface area contributed by atoms with Crippen molar-refractivity contribution in [3.63, 3.8) is 0 Å². The third-order valence-corrected chi connectivity index (χ3v) is 2.84. The molecule has 1 aromatic carbocycles. The molecule has 1 aliphatic rings. The topological polar surface area (TPSA) is 17.1 Å². The molecule has 0 aliphatic heterocycles. The van der Waals surface area contributed by atoms with Gasteiger partial charge in [0.05, 0.1) is 0 Å². The van der Waals surface area contributed by atoms with Crippen molar-refractivity contribution in [3.8, 4) is 0 Å². The maximum Gasteiger partial charge on any atom is 0.123 e. The highest BCUT2D eigenvalue weighted by atomic mass is 16.1. The van der Waals surface area contributed by atoms with Gasteiger partial charge in [-0.15, -0.1) is 0 Å². The Hall–Kier alpha value is -1.11. The number of fused-ring (bicyclic) bond motifs is 1. The lowest BCUT2D eigenvalue weighted by atomic mass is 10.1. The molecule has 68 valence electrons. The Labute approximate surface area is 78.8 Å². The van der Waals surface area contributed by atoms with Crippen molar-refractivity contribution in [3.05, 3.63) is 34.9 Å². The van der Waals surface area contributed by atoms with Crippen LogP contribution in [0.5, 0.6) is 0 Å². The van der Waals surface area contributed by atoms with Crippen LogP contribution >= 0.6 is 0 Å². The van der Waals surface area contributed by atoms with Crippen molar-refractivity contribution in [1.29, 1.82) is 0 Å². The van der Waals surface area contributed by atoms with Gasteiger partial charge in [-0.05, 0) is 36.0 Å². The summed E-state index contributed by atoms with van der Waals surface area (Å²) in [6.07, 6.45) is 4.07. The standard InChI is InChI=1S/C12H14O/c1-2-9-3-4-11-6-10(8-13)7-12(11)5-9/h3-5,8,10H,2,6-7H2,1H3. The van der Waals surface area contributed by atoms with Gasteiger partial charge in [-0.2, -0.15) is 0 Å². The minimum Gasteiger partial charge on any atom is -0.303 e. The molecule has 0 fully saturated rings. The summed E-state index contributed by atoms with van der Waals surface area (Å²) in [5.41, 5.74) is 4.14. The van der Waals surface area contributed by atoms with Crippen molar-refractivity contribution >= 4 is 6.29 Å². The van der Waals surface area contributed by atoms with Gasteiger partial charge < -0.3 is 4.79 Å². The van der Waals surface area contributed by atoms with E-state index in [1.807, 2.05) is 0 Å². The molecule has 0 heterocycles. The number of aryl methyl sites for hydroxylation is 1. The molecule has 0 spiro atoms. The number of aldehydes is 1. The Balaban J connectivity index is 2.30. The fourth-order valence-corrected chi connectivity index (χ4v) is 2.02. The lowest BCUT2D eigenvalue weighted by Crippen LogP contribution is -1.99. The van der Waals surface area contributed by atoms with E-state index >= 15 is 0 Å². The van der Waals surface area contributed by atoms with Gasteiger partial charge in [0.25, 0.3) is 0 Å². The van der Waals surface area contributed by atoms with Crippen molar-refractivity contribution in [1.82, 2.24) is 0 Å². The molecule has 0 N–H and O–H groups in total. The molecule has 0 amide bonds. The first kappa shape index (κ1) is 8.49. The molecular weight excluding hydrogens is 160 g/mol. The molecule has 0 saturated heterocycles. The van der Waals surface area contributed by atoms with E-state index in [0.29, 0.717) is 0 Å². The van der Waals surface area contributed by atoms with Crippen LogP contribution in [-0.4, -0.2) is 6.29 Å². The van der Waals surface area contributed by atoms with E-state index in [-0.39, 0.29) is 5.92 Å². The van der Waals surface area contributed by atoms with Crippen molar-refractivity contribution in [2.45, 2.75) is 26.2 Å². The van der Waals surface area contributed by atoms with Gasteiger partial charge in [0.15, 0.2) is 0 Å². The Morgan fingerprint density at radius 1 is 1.38 bits per heavy atom. The van der Waals surface area contributed by atoms with Crippen LogP contribution in [0.3, 0.4) is 0 Å². The third kappa shape index (κ3) is 1.51. The molecule has 1 unspecified atom stereocenters.